The third kappa shape index (κ3) is 3.73. The van der Waals surface area contributed by atoms with Crippen LogP contribution >= 0.6 is 11.3 Å². The molecule has 2 saturated heterocycles. The van der Waals surface area contributed by atoms with Crippen LogP contribution in [0.1, 0.15) is 42.8 Å². The molecule has 182 valence electrons. The first-order valence-corrected chi connectivity index (χ1v) is 13.0. The van der Waals surface area contributed by atoms with Gasteiger partial charge in [-0.25, -0.2) is 9.78 Å². The number of benzene rings is 3. The maximum absolute atomic E-state index is 13.5. The van der Waals surface area contributed by atoms with Crippen LogP contribution in [-0.4, -0.2) is 45.7 Å². The Morgan fingerprint density at radius 2 is 1.83 bits per heavy atom. The van der Waals surface area contributed by atoms with Gasteiger partial charge in [0.05, 0.1) is 16.3 Å². The third-order valence-electron chi connectivity index (χ3n) is 7.31. The minimum absolute atomic E-state index is 0.142. The highest BCUT2D eigenvalue weighted by Gasteiger charge is 2.50. The predicted molar refractivity (Wildman–Crippen MR) is 139 cm³/mol. The van der Waals surface area contributed by atoms with Crippen molar-refractivity contribution in [3.8, 4) is 0 Å². The van der Waals surface area contributed by atoms with Crippen LogP contribution in [0.25, 0.3) is 21.0 Å². The number of piperidine rings is 1. The third-order valence-corrected chi connectivity index (χ3v) is 8.45. The number of nitrogens with one attached hydrogen (secondary N) is 1. The van der Waals surface area contributed by atoms with E-state index in [1.54, 1.807) is 23.2 Å². The van der Waals surface area contributed by atoms with E-state index in [1.807, 2.05) is 66.7 Å². The molecular weight excluding hydrogens is 472 g/mol. The van der Waals surface area contributed by atoms with Gasteiger partial charge in [0.2, 0.25) is 5.91 Å². The Bertz CT molecular complexity index is 1480. The van der Waals surface area contributed by atoms with Crippen molar-refractivity contribution in [1.82, 2.24) is 20.1 Å². The zero-order valence-electron chi connectivity index (χ0n) is 19.9. The van der Waals surface area contributed by atoms with Gasteiger partial charge in [0.1, 0.15) is 17.1 Å². The van der Waals surface area contributed by atoms with Gasteiger partial charge in [0.15, 0.2) is 0 Å². The van der Waals surface area contributed by atoms with Gasteiger partial charge in [-0.1, -0.05) is 48.5 Å². The van der Waals surface area contributed by atoms with Gasteiger partial charge in [-0.3, -0.25) is 14.5 Å². The number of fused-ring (bicyclic) bond motifs is 2. The first-order valence-electron chi connectivity index (χ1n) is 12.2. The van der Waals surface area contributed by atoms with Gasteiger partial charge in [-0.15, -0.1) is 11.3 Å². The van der Waals surface area contributed by atoms with E-state index in [0.29, 0.717) is 12.1 Å². The minimum atomic E-state index is -1.23. The number of carbonyl (C=O) groups is 3. The van der Waals surface area contributed by atoms with E-state index in [2.05, 4.69) is 5.32 Å². The molecule has 1 aromatic heterocycles. The zero-order chi connectivity index (χ0) is 24.9. The molecule has 0 saturated carbocycles. The predicted octanol–water partition coefficient (Wildman–Crippen LogP) is 4.97. The average molecular weight is 499 g/mol. The van der Waals surface area contributed by atoms with Crippen LogP contribution in [0.2, 0.25) is 0 Å². The van der Waals surface area contributed by atoms with Gasteiger partial charge in [0.25, 0.3) is 5.91 Å². The van der Waals surface area contributed by atoms with Crippen molar-refractivity contribution in [2.24, 2.45) is 0 Å². The molecule has 1 N–H and O–H groups in total. The number of carbonyl (C=O) groups excluding carboxylic acids is 3. The molecule has 36 heavy (non-hydrogen) atoms. The molecule has 7 nitrogen and oxygen atoms in total. The van der Waals surface area contributed by atoms with Gasteiger partial charge in [-0.05, 0) is 60.7 Å². The fraction of sp³-hybridized carbons (Fsp3) is 0.286. The van der Waals surface area contributed by atoms with Crippen molar-refractivity contribution in [2.45, 2.75) is 37.8 Å². The lowest BCUT2D eigenvalue weighted by Crippen LogP contribution is -2.46. The summed E-state index contributed by atoms with van der Waals surface area (Å²) in [5, 5.41) is 5.78. The van der Waals surface area contributed by atoms with Crippen LogP contribution in [0.5, 0.6) is 0 Å². The summed E-state index contributed by atoms with van der Waals surface area (Å²) in [7, 11) is 0. The number of likely N-dealkylation sites (tertiary alicyclic amines) is 1. The highest BCUT2D eigenvalue weighted by Crippen LogP contribution is 2.36. The summed E-state index contributed by atoms with van der Waals surface area (Å²) in [6.07, 6.45) is 2.72. The van der Waals surface area contributed by atoms with Gasteiger partial charge < -0.3 is 10.2 Å². The fourth-order valence-corrected chi connectivity index (χ4v) is 6.40. The topological polar surface area (TPSA) is 82.6 Å². The standard InChI is InChI=1S/C28H26N4O3S/c1-28(20-14-13-18-8-2-3-9-19(18)16-20)26(34)32(27(35)30-28)17-24(33)31-15-7-6-11-22(31)25-29-21-10-4-5-12-23(21)36-25/h2-5,8-10,12-14,16,22H,6-7,11,15,17H2,1H3,(H,30,35)/t22-,28-/m1/s1. The van der Waals surface area contributed by atoms with Gasteiger partial charge in [-0.2, -0.15) is 0 Å². The minimum Gasteiger partial charge on any atom is -0.332 e. The Balaban J connectivity index is 1.24. The van der Waals surface area contributed by atoms with Crippen molar-refractivity contribution < 1.29 is 14.4 Å². The number of imide groups is 1. The number of aromatic nitrogens is 1. The Morgan fingerprint density at radius 1 is 1.06 bits per heavy atom. The second-order valence-corrected chi connectivity index (χ2v) is 10.7. The summed E-state index contributed by atoms with van der Waals surface area (Å²) < 4.78 is 1.09. The number of urea groups is 1. The summed E-state index contributed by atoms with van der Waals surface area (Å²) in [6.45, 7) is 2.01. The highest BCUT2D eigenvalue weighted by molar-refractivity contribution is 7.18. The van der Waals surface area contributed by atoms with Crippen LogP contribution in [0.4, 0.5) is 4.79 Å². The maximum atomic E-state index is 13.5. The summed E-state index contributed by atoms with van der Waals surface area (Å²) >= 11 is 1.60. The molecule has 6 rings (SSSR count). The van der Waals surface area contributed by atoms with E-state index in [-0.39, 0.29) is 18.5 Å². The molecule has 0 spiro atoms. The Kier molecular flexibility index (Phi) is 5.48. The van der Waals surface area contributed by atoms with Crippen molar-refractivity contribution >= 4 is 50.2 Å². The van der Waals surface area contributed by atoms with E-state index >= 15 is 0 Å². The van der Waals surface area contributed by atoms with E-state index in [0.717, 1.165) is 50.2 Å². The van der Waals surface area contributed by atoms with Crippen LogP contribution < -0.4 is 5.32 Å². The smallest absolute Gasteiger partial charge is 0.325 e. The van der Waals surface area contributed by atoms with E-state index < -0.39 is 17.5 Å². The van der Waals surface area contributed by atoms with Gasteiger partial charge >= 0.3 is 6.03 Å². The van der Waals surface area contributed by atoms with Crippen LogP contribution in [0.15, 0.2) is 66.7 Å². The Labute approximate surface area is 212 Å². The lowest BCUT2D eigenvalue weighted by atomic mass is 9.90. The normalized spacial score (nSPS) is 22.4. The van der Waals surface area contributed by atoms with Crippen molar-refractivity contribution in [1.29, 1.82) is 0 Å². The second kappa shape index (κ2) is 8.71. The number of para-hydroxylation sites is 1. The number of hydrogen-bond acceptors (Lipinski definition) is 5. The molecule has 3 heterocycles. The summed E-state index contributed by atoms with van der Waals surface area (Å²) in [4.78, 5) is 47.6. The summed E-state index contributed by atoms with van der Waals surface area (Å²) in [5.74, 6) is -0.644. The average Bonchev–Trinajstić information content (AvgIpc) is 3.43. The molecule has 0 radical (unpaired) electrons. The largest absolute Gasteiger partial charge is 0.332 e. The van der Waals surface area contributed by atoms with Crippen molar-refractivity contribution in [2.75, 3.05) is 13.1 Å². The SMILES string of the molecule is C[C@]1(c2ccc3ccccc3c2)NC(=O)N(CC(=O)N2CCCC[C@@H]2c2nc3ccccc3s2)C1=O. The van der Waals surface area contributed by atoms with E-state index in [9.17, 15) is 14.4 Å². The quantitative estimate of drug-likeness (QED) is 0.403. The summed E-state index contributed by atoms with van der Waals surface area (Å²) in [5.41, 5.74) is 0.394. The van der Waals surface area contributed by atoms with Crippen molar-refractivity contribution in [3.05, 3.63) is 77.3 Å². The van der Waals surface area contributed by atoms with Crippen molar-refractivity contribution in [3.63, 3.8) is 0 Å². The molecule has 0 aliphatic carbocycles. The molecule has 2 aliphatic rings. The number of rotatable bonds is 4. The highest BCUT2D eigenvalue weighted by atomic mass is 32.1. The molecule has 4 amide bonds. The molecular formula is C28H26N4O3S. The van der Waals surface area contributed by atoms with Gasteiger partial charge in [0, 0.05) is 6.54 Å². The first kappa shape index (κ1) is 22.7. The first-order chi connectivity index (χ1) is 17.4. The Morgan fingerprint density at radius 3 is 2.67 bits per heavy atom. The number of thiazole rings is 1. The molecule has 2 atom stereocenters. The monoisotopic (exact) mass is 498 g/mol. The lowest BCUT2D eigenvalue weighted by molar-refractivity contribution is -0.141. The number of nitrogens with zero attached hydrogens (tertiary/aromatic N) is 3. The lowest BCUT2D eigenvalue weighted by Gasteiger charge is -2.35. The maximum Gasteiger partial charge on any atom is 0.325 e. The van der Waals surface area contributed by atoms with Crippen LogP contribution in [0, 0.1) is 0 Å². The van der Waals surface area contributed by atoms with Crippen LogP contribution in [-0.2, 0) is 15.1 Å². The molecule has 2 fully saturated rings. The number of hydrogen-bond donors (Lipinski definition) is 1. The second-order valence-electron chi connectivity index (χ2n) is 9.63. The molecule has 0 bridgehead atoms. The Hall–Kier alpha value is -3.78. The molecule has 4 aromatic rings. The molecule has 2 aliphatic heterocycles. The van der Waals surface area contributed by atoms with E-state index in [1.165, 1.54) is 0 Å². The zero-order valence-corrected chi connectivity index (χ0v) is 20.8. The molecule has 3 aromatic carbocycles. The summed E-state index contributed by atoms with van der Waals surface area (Å²) in [6, 6.07) is 20.9. The van der Waals surface area contributed by atoms with Crippen LogP contribution in [0.3, 0.4) is 0 Å². The fourth-order valence-electron chi connectivity index (χ4n) is 5.28. The van der Waals surface area contributed by atoms with E-state index in [4.69, 9.17) is 4.98 Å². The molecule has 0 unspecified atom stereocenters. The number of amides is 4. The molecule has 8 heteroatoms.